The second kappa shape index (κ2) is 9.70. The van der Waals surface area contributed by atoms with E-state index >= 15 is 0 Å². The Hall–Kier alpha value is -4.26. The maximum Gasteiger partial charge on any atom is 0.322 e. The van der Waals surface area contributed by atoms with E-state index < -0.39 is 24.2 Å². The van der Waals surface area contributed by atoms with Crippen molar-refractivity contribution in [2.24, 2.45) is 0 Å². The molecule has 0 fully saturated rings. The standard InChI is InChI=1S/C27H23FN2O4/c1-3-34-23-7-5-4-6-20(23)17-8-10-18(11-9-17)26-16(2)25(27(33)29-15-24(31)32)21-14-19(28)12-13-22(21)30-26/h4-14H,3,15H2,1-2H3,(H,29,33)(H,31,32). The van der Waals surface area contributed by atoms with E-state index in [1.54, 1.807) is 6.92 Å². The molecule has 0 aliphatic rings. The monoisotopic (exact) mass is 458 g/mol. The number of hydrogen-bond donors (Lipinski definition) is 2. The molecule has 3 aromatic carbocycles. The van der Waals surface area contributed by atoms with Gasteiger partial charge >= 0.3 is 5.97 Å². The van der Waals surface area contributed by atoms with E-state index in [1.165, 1.54) is 18.2 Å². The third kappa shape index (κ3) is 4.59. The Labute approximate surface area is 196 Å². The van der Waals surface area contributed by atoms with Gasteiger partial charge in [-0.15, -0.1) is 0 Å². The summed E-state index contributed by atoms with van der Waals surface area (Å²) in [5.74, 6) is -1.48. The fraction of sp³-hybridized carbons (Fsp3) is 0.148. The smallest absolute Gasteiger partial charge is 0.322 e. The van der Waals surface area contributed by atoms with E-state index in [0.29, 0.717) is 28.8 Å². The minimum atomic E-state index is -1.17. The molecular formula is C27H23FN2O4. The summed E-state index contributed by atoms with van der Waals surface area (Å²) in [6.07, 6.45) is 0. The Morgan fingerprint density at radius 2 is 1.74 bits per heavy atom. The minimum Gasteiger partial charge on any atom is -0.493 e. The van der Waals surface area contributed by atoms with Crippen molar-refractivity contribution < 1.29 is 23.8 Å². The highest BCUT2D eigenvalue weighted by atomic mass is 19.1. The molecule has 4 aromatic rings. The van der Waals surface area contributed by atoms with Gasteiger partial charge in [0, 0.05) is 16.5 Å². The van der Waals surface area contributed by atoms with Gasteiger partial charge in [-0.1, -0.05) is 42.5 Å². The number of amides is 1. The third-order valence-corrected chi connectivity index (χ3v) is 5.47. The number of para-hydroxylation sites is 1. The fourth-order valence-electron chi connectivity index (χ4n) is 3.94. The number of nitrogens with one attached hydrogen (secondary N) is 1. The highest BCUT2D eigenvalue weighted by Gasteiger charge is 2.20. The van der Waals surface area contributed by atoms with Crippen molar-refractivity contribution >= 4 is 22.8 Å². The number of halogens is 1. The SMILES string of the molecule is CCOc1ccccc1-c1ccc(-c2nc3ccc(F)cc3c(C(=O)NCC(=O)O)c2C)cc1. The van der Waals surface area contributed by atoms with Crippen LogP contribution in [0.2, 0.25) is 0 Å². The van der Waals surface area contributed by atoms with Gasteiger partial charge in [-0.25, -0.2) is 9.37 Å². The summed E-state index contributed by atoms with van der Waals surface area (Å²) in [4.78, 5) is 28.5. The molecule has 7 heteroatoms. The number of carbonyl (C=O) groups is 2. The highest BCUT2D eigenvalue weighted by molar-refractivity contribution is 6.09. The first-order valence-electron chi connectivity index (χ1n) is 10.8. The summed E-state index contributed by atoms with van der Waals surface area (Å²) in [5.41, 5.74) is 4.43. The molecule has 0 radical (unpaired) electrons. The molecule has 1 heterocycles. The predicted molar refractivity (Wildman–Crippen MR) is 128 cm³/mol. The first-order valence-corrected chi connectivity index (χ1v) is 10.8. The molecule has 0 spiro atoms. The van der Waals surface area contributed by atoms with Crippen LogP contribution in [0.15, 0.2) is 66.7 Å². The number of pyridine rings is 1. The molecule has 34 heavy (non-hydrogen) atoms. The summed E-state index contributed by atoms with van der Waals surface area (Å²) in [6.45, 7) is 3.67. The number of rotatable bonds is 7. The Balaban J connectivity index is 1.80. The van der Waals surface area contributed by atoms with Crippen LogP contribution in [0.5, 0.6) is 5.75 Å². The zero-order valence-corrected chi connectivity index (χ0v) is 18.8. The van der Waals surface area contributed by atoms with Crippen LogP contribution in [0.3, 0.4) is 0 Å². The van der Waals surface area contributed by atoms with Gasteiger partial charge < -0.3 is 15.2 Å². The van der Waals surface area contributed by atoms with E-state index in [-0.39, 0.29) is 5.56 Å². The second-order valence-electron chi connectivity index (χ2n) is 7.70. The van der Waals surface area contributed by atoms with Gasteiger partial charge in [-0.2, -0.15) is 0 Å². The number of hydrogen-bond acceptors (Lipinski definition) is 4. The molecule has 6 nitrogen and oxygen atoms in total. The van der Waals surface area contributed by atoms with Crippen molar-refractivity contribution in [3.63, 3.8) is 0 Å². The molecular weight excluding hydrogens is 435 g/mol. The van der Waals surface area contributed by atoms with Gasteiger partial charge in [0.15, 0.2) is 0 Å². The molecule has 2 N–H and O–H groups in total. The molecule has 0 aliphatic heterocycles. The van der Waals surface area contributed by atoms with E-state index in [0.717, 1.165) is 22.4 Å². The molecule has 0 saturated heterocycles. The van der Waals surface area contributed by atoms with Crippen LogP contribution in [0.1, 0.15) is 22.8 Å². The summed E-state index contributed by atoms with van der Waals surface area (Å²) in [5, 5.41) is 11.6. The number of aromatic nitrogens is 1. The van der Waals surface area contributed by atoms with E-state index in [1.807, 2.05) is 55.5 Å². The molecule has 0 bridgehead atoms. The van der Waals surface area contributed by atoms with Crippen molar-refractivity contribution in [1.82, 2.24) is 10.3 Å². The van der Waals surface area contributed by atoms with Gasteiger partial charge in [-0.3, -0.25) is 9.59 Å². The number of nitrogens with zero attached hydrogens (tertiary/aromatic N) is 1. The van der Waals surface area contributed by atoms with Crippen molar-refractivity contribution in [1.29, 1.82) is 0 Å². The van der Waals surface area contributed by atoms with Crippen LogP contribution in [0.25, 0.3) is 33.3 Å². The van der Waals surface area contributed by atoms with E-state index in [2.05, 4.69) is 10.3 Å². The summed E-state index contributed by atoms with van der Waals surface area (Å²) in [7, 11) is 0. The van der Waals surface area contributed by atoms with E-state index in [4.69, 9.17) is 9.84 Å². The number of carboxylic acids is 1. The van der Waals surface area contributed by atoms with Crippen LogP contribution in [0, 0.1) is 12.7 Å². The second-order valence-corrected chi connectivity index (χ2v) is 7.70. The van der Waals surface area contributed by atoms with Gasteiger partial charge in [-0.05, 0) is 49.2 Å². The molecule has 4 rings (SSSR count). The van der Waals surface area contributed by atoms with Crippen LogP contribution >= 0.6 is 0 Å². The molecule has 0 unspecified atom stereocenters. The van der Waals surface area contributed by atoms with Crippen LogP contribution in [-0.4, -0.2) is 35.1 Å². The zero-order valence-electron chi connectivity index (χ0n) is 18.8. The molecule has 0 aliphatic carbocycles. The zero-order chi connectivity index (χ0) is 24.2. The minimum absolute atomic E-state index is 0.200. The summed E-state index contributed by atoms with van der Waals surface area (Å²) >= 11 is 0. The molecule has 172 valence electrons. The van der Waals surface area contributed by atoms with E-state index in [9.17, 15) is 14.0 Å². The first-order chi connectivity index (χ1) is 16.4. The van der Waals surface area contributed by atoms with Crippen molar-refractivity contribution in [3.05, 3.63) is 83.7 Å². The van der Waals surface area contributed by atoms with Gasteiger partial charge in [0.2, 0.25) is 0 Å². The van der Waals surface area contributed by atoms with Gasteiger partial charge in [0.1, 0.15) is 18.1 Å². The Bertz CT molecular complexity index is 1380. The fourth-order valence-corrected chi connectivity index (χ4v) is 3.94. The number of carboxylic acid groups (broad SMARTS) is 1. The van der Waals surface area contributed by atoms with Crippen molar-refractivity contribution in [3.8, 4) is 28.1 Å². The van der Waals surface area contributed by atoms with Crippen molar-refractivity contribution in [2.45, 2.75) is 13.8 Å². The Morgan fingerprint density at radius 3 is 2.44 bits per heavy atom. The molecule has 1 aromatic heterocycles. The lowest BCUT2D eigenvalue weighted by atomic mass is 9.95. The largest absolute Gasteiger partial charge is 0.493 e. The lowest BCUT2D eigenvalue weighted by molar-refractivity contribution is -0.135. The highest BCUT2D eigenvalue weighted by Crippen LogP contribution is 2.34. The van der Waals surface area contributed by atoms with Gasteiger partial charge in [0.25, 0.3) is 5.91 Å². The molecule has 0 saturated carbocycles. The molecule has 0 atom stereocenters. The average molecular weight is 458 g/mol. The van der Waals surface area contributed by atoms with Crippen LogP contribution < -0.4 is 10.1 Å². The first kappa shape index (κ1) is 22.9. The lowest BCUT2D eigenvalue weighted by Crippen LogP contribution is -2.30. The summed E-state index contributed by atoms with van der Waals surface area (Å²) < 4.78 is 19.7. The molecule has 1 amide bonds. The van der Waals surface area contributed by atoms with Crippen LogP contribution in [0.4, 0.5) is 4.39 Å². The number of ether oxygens (including phenoxy) is 1. The number of fused-ring (bicyclic) bond motifs is 1. The predicted octanol–water partition coefficient (Wildman–Crippen LogP) is 5.23. The third-order valence-electron chi connectivity index (χ3n) is 5.47. The number of benzene rings is 3. The Kier molecular flexibility index (Phi) is 6.54. The maximum absolute atomic E-state index is 14.0. The number of aliphatic carboxylic acids is 1. The van der Waals surface area contributed by atoms with Crippen LogP contribution in [-0.2, 0) is 4.79 Å². The normalized spacial score (nSPS) is 10.8. The average Bonchev–Trinajstić information content (AvgIpc) is 2.83. The maximum atomic E-state index is 14.0. The summed E-state index contributed by atoms with van der Waals surface area (Å²) in [6, 6.07) is 19.5. The topological polar surface area (TPSA) is 88.5 Å². The quantitative estimate of drug-likeness (QED) is 0.396. The van der Waals surface area contributed by atoms with Gasteiger partial charge in [0.05, 0.1) is 23.4 Å². The number of carbonyl (C=O) groups excluding carboxylic acids is 1. The van der Waals surface area contributed by atoms with Crippen molar-refractivity contribution in [2.75, 3.05) is 13.2 Å². The lowest BCUT2D eigenvalue weighted by Gasteiger charge is -2.15. The Morgan fingerprint density at radius 1 is 1.03 bits per heavy atom.